The molecule has 1 saturated carbocycles. The molecule has 0 saturated heterocycles. The van der Waals surface area contributed by atoms with Crippen molar-refractivity contribution in [2.75, 3.05) is 19.6 Å². The van der Waals surface area contributed by atoms with Gasteiger partial charge in [-0.15, -0.1) is 11.6 Å². The Balaban J connectivity index is 2.00. The third-order valence-corrected chi connectivity index (χ3v) is 6.17. The van der Waals surface area contributed by atoms with Gasteiger partial charge in [0, 0.05) is 12.6 Å². The van der Waals surface area contributed by atoms with Crippen LogP contribution in [0.15, 0.2) is 48.5 Å². The number of amides is 2. The van der Waals surface area contributed by atoms with Gasteiger partial charge < -0.3 is 19.7 Å². The Morgan fingerprint density at radius 2 is 1.82 bits per heavy atom. The highest BCUT2D eigenvalue weighted by Crippen LogP contribution is 2.33. The summed E-state index contributed by atoms with van der Waals surface area (Å²) in [5, 5.41) is 3.19. The average molecular weight is 473 g/mol. The first-order chi connectivity index (χ1) is 16.1. The van der Waals surface area contributed by atoms with Crippen LogP contribution in [0.4, 0.5) is 0 Å². The summed E-state index contributed by atoms with van der Waals surface area (Å²) >= 11 is 6.00. The molecule has 2 aromatic rings. The van der Waals surface area contributed by atoms with E-state index in [4.69, 9.17) is 21.1 Å². The van der Waals surface area contributed by atoms with Crippen LogP contribution < -0.4 is 14.8 Å². The predicted molar refractivity (Wildman–Crippen MR) is 130 cm³/mol. The van der Waals surface area contributed by atoms with E-state index in [1.807, 2.05) is 43.3 Å². The number of nitrogens with zero attached hydrogens (tertiary/aromatic N) is 1. The maximum atomic E-state index is 13.7. The van der Waals surface area contributed by atoms with Crippen molar-refractivity contribution < 1.29 is 19.1 Å². The lowest BCUT2D eigenvalue weighted by Crippen LogP contribution is -2.47. The molecular formula is C26H33ClN2O4. The largest absolute Gasteiger partial charge is 0.493 e. The van der Waals surface area contributed by atoms with E-state index >= 15 is 0 Å². The summed E-state index contributed by atoms with van der Waals surface area (Å²) in [4.78, 5) is 28.2. The highest BCUT2D eigenvalue weighted by atomic mass is 35.5. The van der Waals surface area contributed by atoms with Gasteiger partial charge in [-0.3, -0.25) is 9.59 Å². The van der Waals surface area contributed by atoms with Crippen LogP contribution in [-0.4, -0.2) is 42.4 Å². The van der Waals surface area contributed by atoms with E-state index in [2.05, 4.69) is 5.32 Å². The minimum Gasteiger partial charge on any atom is -0.493 e. The number of carbonyl (C=O) groups excluding carboxylic acids is 2. The number of alkyl halides is 1. The molecule has 6 nitrogen and oxygen atoms in total. The summed E-state index contributed by atoms with van der Waals surface area (Å²) in [6.07, 6.45) is 5.29. The van der Waals surface area contributed by atoms with E-state index in [9.17, 15) is 9.59 Å². The Morgan fingerprint density at radius 3 is 2.45 bits per heavy atom. The van der Waals surface area contributed by atoms with E-state index in [0.717, 1.165) is 31.2 Å². The summed E-state index contributed by atoms with van der Waals surface area (Å²) in [7, 11) is 1.56. The number of carbonyl (C=O) groups is 2. The zero-order valence-electron chi connectivity index (χ0n) is 19.4. The third-order valence-electron chi connectivity index (χ3n) is 5.95. The highest BCUT2D eigenvalue weighted by molar-refractivity contribution is 6.27. The summed E-state index contributed by atoms with van der Waals surface area (Å²) < 4.78 is 11.2. The normalized spacial score (nSPS) is 14.9. The van der Waals surface area contributed by atoms with Crippen LogP contribution in [0.2, 0.25) is 0 Å². The van der Waals surface area contributed by atoms with Crippen molar-refractivity contribution in [1.29, 1.82) is 0 Å². The third kappa shape index (κ3) is 6.64. The Labute approximate surface area is 201 Å². The summed E-state index contributed by atoms with van der Waals surface area (Å²) in [6, 6.07) is 14.3. The second-order valence-electron chi connectivity index (χ2n) is 8.23. The van der Waals surface area contributed by atoms with Crippen LogP contribution in [0.5, 0.6) is 11.5 Å². The number of halogens is 1. The van der Waals surface area contributed by atoms with Gasteiger partial charge in [0.2, 0.25) is 11.8 Å². The van der Waals surface area contributed by atoms with Crippen molar-refractivity contribution in [3.8, 4) is 11.5 Å². The Kier molecular flexibility index (Phi) is 9.43. The molecule has 0 radical (unpaired) electrons. The van der Waals surface area contributed by atoms with Gasteiger partial charge in [0.05, 0.1) is 13.7 Å². The molecule has 3 rings (SSSR count). The molecule has 1 aliphatic rings. The topological polar surface area (TPSA) is 67.9 Å². The van der Waals surface area contributed by atoms with Crippen molar-refractivity contribution in [3.05, 3.63) is 59.7 Å². The smallest absolute Gasteiger partial charge is 0.247 e. The molecule has 0 aliphatic heterocycles. The second-order valence-corrected chi connectivity index (χ2v) is 8.50. The minimum atomic E-state index is -0.844. The van der Waals surface area contributed by atoms with Gasteiger partial charge in [-0.1, -0.05) is 55.7 Å². The minimum absolute atomic E-state index is 0.114. The molecule has 1 aliphatic carbocycles. The van der Waals surface area contributed by atoms with Gasteiger partial charge in [-0.25, -0.2) is 0 Å². The molecule has 0 spiro atoms. The Hall–Kier alpha value is -2.73. The quantitative estimate of drug-likeness (QED) is 0.502. The van der Waals surface area contributed by atoms with Crippen molar-refractivity contribution in [2.45, 2.75) is 57.7 Å². The lowest BCUT2D eigenvalue weighted by atomic mass is 9.94. The lowest BCUT2D eigenvalue weighted by molar-refractivity contribution is -0.140. The lowest BCUT2D eigenvalue weighted by Gasteiger charge is -2.33. The highest BCUT2D eigenvalue weighted by Gasteiger charge is 2.33. The fourth-order valence-corrected chi connectivity index (χ4v) is 4.46. The van der Waals surface area contributed by atoms with Crippen molar-refractivity contribution in [3.63, 3.8) is 0 Å². The number of rotatable bonds is 10. The maximum absolute atomic E-state index is 13.7. The van der Waals surface area contributed by atoms with E-state index in [-0.39, 0.29) is 30.3 Å². The number of hydrogen-bond donors (Lipinski definition) is 1. The average Bonchev–Trinajstić information content (AvgIpc) is 2.85. The first-order valence-electron chi connectivity index (χ1n) is 11.6. The number of hydrogen-bond acceptors (Lipinski definition) is 4. The molecule has 2 amide bonds. The monoisotopic (exact) mass is 472 g/mol. The van der Waals surface area contributed by atoms with Gasteiger partial charge in [0.15, 0.2) is 11.5 Å². The molecule has 2 aromatic carbocycles. The summed E-state index contributed by atoms with van der Waals surface area (Å²) in [5.41, 5.74) is 1.57. The first kappa shape index (κ1) is 24.9. The fraction of sp³-hybridized carbons (Fsp3) is 0.462. The molecule has 7 heteroatoms. The van der Waals surface area contributed by atoms with Crippen molar-refractivity contribution in [2.24, 2.45) is 0 Å². The molecule has 0 unspecified atom stereocenters. The SMILES string of the molecule is CCOc1ccc([C@H](C(=O)NC2CCCCC2)N(Cc2ccccc2)C(=O)CCl)cc1OC. The van der Waals surface area contributed by atoms with E-state index < -0.39 is 6.04 Å². The van der Waals surface area contributed by atoms with Gasteiger partial charge in [-0.05, 0) is 43.0 Å². The molecule has 1 fully saturated rings. The van der Waals surface area contributed by atoms with Crippen LogP contribution in [0, 0.1) is 0 Å². The van der Waals surface area contributed by atoms with Crippen LogP contribution in [0.25, 0.3) is 0 Å². The van der Waals surface area contributed by atoms with E-state index in [1.54, 1.807) is 24.1 Å². The van der Waals surface area contributed by atoms with Crippen LogP contribution in [-0.2, 0) is 16.1 Å². The maximum Gasteiger partial charge on any atom is 0.247 e. The Bertz CT molecular complexity index is 916. The van der Waals surface area contributed by atoms with Gasteiger partial charge >= 0.3 is 0 Å². The Morgan fingerprint density at radius 1 is 1.09 bits per heavy atom. The molecule has 178 valence electrons. The number of benzene rings is 2. The van der Waals surface area contributed by atoms with Crippen molar-refractivity contribution in [1.82, 2.24) is 10.2 Å². The fourth-order valence-electron chi connectivity index (χ4n) is 4.31. The van der Waals surface area contributed by atoms with Crippen LogP contribution in [0.1, 0.15) is 56.2 Å². The summed E-state index contributed by atoms with van der Waals surface area (Å²) in [6.45, 7) is 2.66. The zero-order valence-corrected chi connectivity index (χ0v) is 20.1. The molecule has 33 heavy (non-hydrogen) atoms. The predicted octanol–water partition coefficient (Wildman–Crippen LogP) is 4.85. The van der Waals surface area contributed by atoms with Gasteiger partial charge in [-0.2, -0.15) is 0 Å². The first-order valence-corrected chi connectivity index (χ1v) is 12.1. The van der Waals surface area contributed by atoms with Gasteiger partial charge in [0.1, 0.15) is 11.9 Å². The number of ether oxygens (including phenoxy) is 2. The van der Waals surface area contributed by atoms with Crippen LogP contribution in [0.3, 0.4) is 0 Å². The molecule has 1 atom stereocenters. The number of nitrogens with one attached hydrogen (secondary N) is 1. The second kappa shape index (κ2) is 12.5. The van der Waals surface area contributed by atoms with Gasteiger partial charge in [0.25, 0.3) is 0 Å². The van der Waals surface area contributed by atoms with Crippen molar-refractivity contribution >= 4 is 23.4 Å². The molecule has 0 bridgehead atoms. The molecular weight excluding hydrogens is 440 g/mol. The number of methoxy groups -OCH3 is 1. The van der Waals surface area contributed by atoms with E-state index in [0.29, 0.717) is 23.7 Å². The standard InChI is InChI=1S/C26H33ClN2O4/c1-3-33-22-15-14-20(16-23(22)32-2)25(26(31)28-21-12-8-5-9-13-21)29(24(30)17-27)18-19-10-6-4-7-11-19/h4,6-7,10-11,14-16,21,25H,3,5,8-9,12-13,17-18H2,1-2H3,(H,28,31)/t25-/m1/s1. The zero-order chi connectivity index (χ0) is 23.6. The molecule has 0 heterocycles. The summed E-state index contributed by atoms with van der Waals surface area (Å²) in [5.74, 6) is 0.379. The molecule has 1 N–H and O–H groups in total. The van der Waals surface area contributed by atoms with E-state index in [1.165, 1.54) is 6.42 Å². The van der Waals surface area contributed by atoms with Crippen LogP contribution >= 0.6 is 11.6 Å². The molecule has 0 aromatic heterocycles.